The van der Waals surface area contributed by atoms with Crippen molar-refractivity contribution in [2.75, 3.05) is 37.6 Å². The van der Waals surface area contributed by atoms with Crippen molar-refractivity contribution in [1.29, 1.82) is 0 Å². The molecule has 5 nitrogen and oxygen atoms in total. The predicted octanol–water partition coefficient (Wildman–Crippen LogP) is 2.59. The van der Waals surface area contributed by atoms with Gasteiger partial charge in [0.1, 0.15) is 0 Å². The van der Waals surface area contributed by atoms with Crippen molar-refractivity contribution in [3.05, 3.63) is 46.5 Å². The molecular formula is C19H26N4OS. The highest BCUT2D eigenvalue weighted by Gasteiger charge is 2.18. The number of rotatable bonds is 5. The number of benzene rings is 1. The number of nitrogens with one attached hydrogen (secondary N) is 1. The quantitative estimate of drug-likeness (QED) is 0.892. The Morgan fingerprint density at radius 2 is 2.04 bits per heavy atom. The van der Waals surface area contributed by atoms with Gasteiger partial charge in [0.05, 0.1) is 12.2 Å². The fourth-order valence-electron chi connectivity index (χ4n) is 3.07. The molecule has 1 amide bonds. The molecular weight excluding hydrogens is 332 g/mol. The van der Waals surface area contributed by atoms with Crippen molar-refractivity contribution in [1.82, 2.24) is 15.2 Å². The van der Waals surface area contributed by atoms with Crippen molar-refractivity contribution in [2.45, 2.75) is 26.8 Å². The Balaban J connectivity index is 1.46. The molecule has 0 aliphatic carbocycles. The Morgan fingerprint density at radius 1 is 1.20 bits per heavy atom. The number of carbonyl (C=O) groups excluding carboxylic acids is 1. The van der Waals surface area contributed by atoms with E-state index in [9.17, 15) is 4.79 Å². The second kappa shape index (κ2) is 8.45. The van der Waals surface area contributed by atoms with E-state index in [1.54, 1.807) is 11.3 Å². The monoisotopic (exact) mass is 358 g/mol. The number of amides is 1. The van der Waals surface area contributed by atoms with Crippen LogP contribution in [-0.4, -0.2) is 48.5 Å². The van der Waals surface area contributed by atoms with Crippen LogP contribution in [0.1, 0.15) is 23.2 Å². The van der Waals surface area contributed by atoms with Crippen molar-refractivity contribution in [2.24, 2.45) is 0 Å². The maximum atomic E-state index is 12.3. The fourth-order valence-corrected chi connectivity index (χ4v) is 3.93. The lowest BCUT2D eigenvalue weighted by Crippen LogP contribution is -2.39. The summed E-state index contributed by atoms with van der Waals surface area (Å²) in [5.74, 6) is 0.0989. The highest BCUT2D eigenvalue weighted by atomic mass is 32.1. The number of carbonyl (C=O) groups is 1. The molecule has 0 unspecified atom stereocenters. The van der Waals surface area contributed by atoms with Crippen LogP contribution in [0.25, 0.3) is 0 Å². The van der Waals surface area contributed by atoms with E-state index >= 15 is 0 Å². The summed E-state index contributed by atoms with van der Waals surface area (Å²) in [5, 5.41) is 6.24. The number of hydrogen-bond donors (Lipinski definition) is 1. The normalized spacial score (nSPS) is 15.8. The van der Waals surface area contributed by atoms with Crippen LogP contribution in [0, 0.1) is 13.8 Å². The first-order chi connectivity index (χ1) is 12.1. The van der Waals surface area contributed by atoms with Crippen LogP contribution in [-0.2, 0) is 11.3 Å². The van der Waals surface area contributed by atoms with Gasteiger partial charge in [0.2, 0.25) is 5.91 Å². The number of anilines is 1. The van der Waals surface area contributed by atoms with Gasteiger partial charge in [-0.1, -0.05) is 24.3 Å². The average Bonchev–Trinajstić information content (AvgIpc) is 2.89. The first-order valence-corrected chi connectivity index (χ1v) is 9.70. The molecule has 0 radical (unpaired) electrons. The molecule has 0 bridgehead atoms. The number of aryl methyl sites for hydroxylation is 2. The van der Waals surface area contributed by atoms with E-state index in [1.807, 2.05) is 19.1 Å². The molecule has 0 atom stereocenters. The van der Waals surface area contributed by atoms with Crippen LogP contribution in [0.5, 0.6) is 0 Å². The molecule has 1 aromatic carbocycles. The number of nitrogens with zero attached hydrogens (tertiary/aromatic N) is 3. The van der Waals surface area contributed by atoms with E-state index in [1.165, 1.54) is 11.1 Å². The van der Waals surface area contributed by atoms with E-state index in [0.717, 1.165) is 43.4 Å². The topological polar surface area (TPSA) is 48.5 Å². The molecule has 1 N–H and O–H groups in total. The van der Waals surface area contributed by atoms with Crippen molar-refractivity contribution >= 4 is 22.4 Å². The smallest absolute Gasteiger partial charge is 0.234 e. The zero-order valence-electron chi connectivity index (χ0n) is 15.0. The van der Waals surface area contributed by atoms with Gasteiger partial charge in [-0.2, -0.15) is 0 Å². The summed E-state index contributed by atoms with van der Waals surface area (Å²) < 4.78 is 0. The maximum Gasteiger partial charge on any atom is 0.234 e. The fraction of sp³-hybridized carbons (Fsp3) is 0.474. The van der Waals surface area contributed by atoms with Gasteiger partial charge in [-0.05, 0) is 31.4 Å². The summed E-state index contributed by atoms with van der Waals surface area (Å²) in [5.41, 5.74) is 3.47. The summed E-state index contributed by atoms with van der Waals surface area (Å²) in [6.07, 6.45) is 1.06. The first-order valence-electron chi connectivity index (χ1n) is 8.82. The highest BCUT2D eigenvalue weighted by molar-refractivity contribution is 7.13. The summed E-state index contributed by atoms with van der Waals surface area (Å²) in [4.78, 5) is 21.4. The Morgan fingerprint density at radius 3 is 2.80 bits per heavy atom. The second-order valence-electron chi connectivity index (χ2n) is 6.59. The van der Waals surface area contributed by atoms with Gasteiger partial charge in [0, 0.05) is 38.1 Å². The summed E-state index contributed by atoms with van der Waals surface area (Å²) in [6.45, 7) is 8.97. The molecule has 2 aromatic rings. The minimum absolute atomic E-state index is 0.0989. The average molecular weight is 359 g/mol. The minimum Gasteiger partial charge on any atom is -0.351 e. The van der Waals surface area contributed by atoms with Gasteiger partial charge in [-0.15, -0.1) is 11.3 Å². The van der Waals surface area contributed by atoms with Crippen molar-refractivity contribution in [3.63, 3.8) is 0 Å². The Bertz CT molecular complexity index is 715. The highest BCUT2D eigenvalue weighted by Crippen LogP contribution is 2.21. The lowest BCUT2D eigenvalue weighted by molar-refractivity contribution is -0.122. The molecule has 6 heteroatoms. The molecule has 1 aliphatic rings. The molecule has 134 valence electrons. The molecule has 1 fully saturated rings. The van der Waals surface area contributed by atoms with Crippen LogP contribution >= 0.6 is 11.3 Å². The van der Waals surface area contributed by atoms with E-state index < -0.39 is 0 Å². The number of aromatic nitrogens is 1. The SMILES string of the molecule is Cc1csc(N2CCCN(CC(=O)NCc3ccccc3C)CC2)n1. The molecule has 25 heavy (non-hydrogen) atoms. The molecule has 1 aromatic heterocycles. The summed E-state index contributed by atoms with van der Waals surface area (Å²) in [7, 11) is 0. The van der Waals surface area contributed by atoms with Gasteiger partial charge in [-0.3, -0.25) is 9.69 Å². The van der Waals surface area contributed by atoms with Crippen LogP contribution < -0.4 is 10.2 Å². The van der Waals surface area contributed by atoms with E-state index in [2.05, 4.69) is 44.5 Å². The molecule has 0 saturated carbocycles. The van der Waals surface area contributed by atoms with Gasteiger partial charge >= 0.3 is 0 Å². The number of hydrogen-bond acceptors (Lipinski definition) is 5. The van der Waals surface area contributed by atoms with Crippen molar-refractivity contribution < 1.29 is 4.79 Å². The van der Waals surface area contributed by atoms with Crippen LogP contribution in [0.15, 0.2) is 29.6 Å². The lowest BCUT2D eigenvalue weighted by atomic mass is 10.1. The minimum atomic E-state index is 0.0989. The van der Waals surface area contributed by atoms with Crippen LogP contribution in [0.2, 0.25) is 0 Å². The van der Waals surface area contributed by atoms with Gasteiger partial charge in [-0.25, -0.2) is 4.98 Å². The third-order valence-electron chi connectivity index (χ3n) is 4.57. The Kier molecular flexibility index (Phi) is 6.04. The van der Waals surface area contributed by atoms with Crippen molar-refractivity contribution in [3.8, 4) is 0 Å². The van der Waals surface area contributed by atoms with Gasteiger partial charge < -0.3 is 10.2 Å². The van der Waals surface area contributed by atoms with Gasteiger partial charge in [0.15, 0.2) is 5.13 Å². The predicted molar refractivity (Wildman–Crippen MR) is 103 cm³/mol. The largest absolute Gasteiger partial charge is 0.351 e. The molecule has 2 heterocycles. The molecule has 1 aliphatic heterocycles. The molecule has 3 rings (SSSR count). The van der Waals surface area contributed by atoms with E-state index in [-0.39, 0.29) is 5.91 Å². The first kappa shape index (κ1) is 17.9. The van der Waals surface area contributed by atoms with E-state index in [0.29, 0.717) is 13.1 Å². The Hall–Kier alpha value is -1.92. The second-order valence-corrected chi connectivity index (χ2v) is 7.43. The lowest BCUT2D eigenvalue weighted by Gasteiger charge is -2.21. The van der Waals surface area contributed by atoms with Crippen LogP contribution in [0.3, 0.4) is 0 Å². The summed E-state index contributed by atoms with van der Waals surface area (Å²) >= 11 is 1.70. The Labute approximate surface area is 153 Å². The molecule has 1 saturated heterocycles. The van der Waals surface area contributed by atoms with E-state index in [4.69, 9.17) is 0 Å². The standard InChI is InChI=1S/C19H26N4OS/c1-15-6-3-4-7-17(15)12-20-18(24)13-22-8-5-9-23(11-10-22)19-21-16(2)14-25-19/h3-4,6-7,14H,5,8-13H2,1-2H3,(H,20,24). The number of thiazole rings is 1. The van der Waals surface area contributed by atoms with Gasteiger partial charge in [0.25, 0.3) is 0 Å². The molecule has 0 spiro atoms. The third kappa shape index (κ3) is 5.03. The zero-order chi connectivity index (χ0) is 17.6. The van der Waals surface area contributed by atoms with Crippen LogP contribution in [0.4, 0.5) is 5.13 Å². The third-order valence-corrected chi connectivity index (χ3v) is 5.59. The maximum absolute atomic E-state index is 12.3. The zero-order valence-corrected chi connectivity index (χ0v) is 15.8. The summed E-state index contributed by atoms with van der Waals surface area (Å²) in [6, 6.07) is 8.17.